The van der Waals surface area contributed by atoms with E-state index in [1.54, 1.807) is 12.0 Å². The highest BCUT2D eigenvalue weighted by molar-refractivity contribution is 5.90. The van der Waals surface area contributed by atoms with Crippen molar-refractivity contribution in [2.75, 3.05) is 7.11 Å². The predicted molar refractivity (Wildman–Crippen MR) is 120 cm³/mol. The minimum Gasteiger partial charge on any atom is -0.497 e. The lowest BCUT2D eigenvalue weighted by atomic mass is 10.0. The maximum absolute atomic E-state index is 13.2. The Labute approximate surface area is 181 Å². The van der Waals surface area contributed by atoms with Gasteiger partial charge in [0.25, 0.3) is 0 Å². The average Bonchev–Trinajstić information content (AvgIpc) is 3.26. The van der Waals surface area contributed by atoms with Gasteiger partial charge in [-0.25, -0.2) is 0 Å². The normalized spacial score (nSPS) is 11.1. The number of nitrogens with zero attached hydrogens (tertiary/aromatic N) is 3. The Bertz CT molecular complexity index is 1180. The van der Waals surface area contributed by atoms with E-state index in [4.69, 9.17) is 9.26 Å². The summed E-state index contributed by atoms with van der Waals surface area (Å²) in [5.41, 5.74) is 1.84. The summed E-state index contributed by atoms with van der Waals surface area (Å²) in [4.78, 5) is 19.4. The molecule has 1 heterocycles. The Morgan fingerprint density at radius 2 is 1.77 bits per heavy atom. The largest absolute Gasteiger partial charge is 0.497 e. The second kappa shape index (κ2) is 9.00. The molecule has 0 N–H and O–H groups in total. The summed E-state index contributed by atoms with van der Waals surface area (Å²) < 4.78 is 10.6. The zero-order valence-electron chi connectivity index (χ0n) is 17.9. The van der Waals surface area contributed by atoms with E-state index in [2.05, 4.69) is 28.3 Å². The van der Waals surface area contributed by atoms with E-state index in [-0.39, 0.29) is 18.5 Å². The Hall–Kier alpha value is -3.67. The van der Waals surface area contributed by atoms with Crippen molar-refractivity contribution in [1.29, 1.82) is 0 Å². The predicted octanol–water partition coefficient (Wildman–Crippen LogP) is 4.88. The molecule has 0 fully saturated rings. The van der Waals surface area contributed by atoms with Crippen LogP contribution in [0.25, 0.3) is 22.2 Å². The highest BCUT2D eigenvalue weighted by Gasteiger charge is 2.21. The van der Waals surface area contributed by atoms with Gasteiger partial charge in [-0.1, -0.05) is 47.6 Å². The average molecular weight is 415 g/mol. The Morgan fingerprint density at radius 1 is 1.03 bits per heavy atom. The molecule has 4 rings (SSSR count). The fourth-order valence-electron chi connectivity index (χ4n) is 3.59. The summed E-state index contributed by atoms with van der Waals surface area (Å²) in [5, 5.41) is 6.30. The second-order valence-electron chi connectivity index (χ2n) is 7.67. The molecule has 1 amide bonds. The number of methoxy groups -OCH3 is 1. The van der Waals surface area contributed by atoms with Gasteiger partial charge in [-0.2, -0.15) is 4.98 Å². The van der Waals surface area contributed by atoms with Crippen LogP contribution in [0.15, 0.2) is 71.3 Å². The zero-order chi connectivity index (χ0) is 21.8. The molecule has 6 heteroatoms. The number of amides is 1. The molecule has 0 spiro atoms. The Balaban J connectivity index is 1.51. The van der Waals surface area contributed by atoms with Crippen molar-refractivity contribution in [3.63, 3.8) is 0 Å². The molecule has 31 heavy (non-hydrogen) atoms. The van der Waals surface area contributed by atoms with E-state index < -0.39 is 0 Å². The summed E-state index contributed by atoms with van der Waals surface area (Å²) in [7, 11) is 1.62. The van der Waals surface area contributed by atoms with Crippen LogP contribution in [-0.4, -0.2) is 34.1 Å². The van der Waals surface area contributed by atoms with E-state index in [0.717, 1.165) is 27.6 Å². The molecule has 3 aromatic carbocycles. The highest BCUT2D eigenvalue weighted by Crippen LogP contribution is 2.22. The third kappa shape index (κ3) is 4.58. The van der Waals surface area contributed by atoms with Gasteiger partial charge in [0, 0.05) is 11.6 Å². The van der Waals surface area contributed by atoms with Crippen LogP contribution in [0, 0.1) is 0 Å². The van der Waals surface area contributed by atoms with Crippen LogP contribution in [0.1, 0.15) is 25.3 Å². The molecule has 1 aromatic heterocycles. The van der Waals surface area contributed by atoms with Crippen LogP contribution in [0.2, 0.25) is 0 Å². The number of carbonyl (C=O) groups excluding carboxylic acids is 1. The molecule has 0 aliphatic rings. The van der Waals surface area contributed by atoms with Crippen molar-refractivity contribution in [3.8, 4) is 17.1 Å². The molecule has 6 nitrogen and oxygen atoms in total. The highest BCUT2D eigenvalue weighted by atomic mass is 16.5. The molecule has 0 bridgehead atoms. The van der Waals surface area contributed by atoms with E-state index in [9.17, 15) is 4.79 Å². The SMILES string of the molecule is COc1ccc(-c2noc(CN(C(=O)Cc3cccc4ccccc34)C(C)C)n2)cc1. The maximum Gasteiger partial charge on any atom is 0.246 e. The second-order valence-corrected chi connectivity index (χ2v) is 7.67. The summed E-state index contributed by atoms with van der Waals surface area (Å²) in [6, 6.07) is 21.6. The Kier molecular flexibility index (Phi) is 5.98. The molecule has 4 aromatic rings. The maximum atomic E-state index is 13.2. The van der Waals surface area contributed by atoms with Gasteiger partial charge in [0.05, 0.1) is 13.5 Å². The molecular formula is C25H25N3O3. The third-order valence-electron chi connectivity index (χ3n) is 5.29. The van der Waals surface area contributed by atoms with Gasteiger partial charge in [-0.05, 0) is 54.4 Å². The van der Waals surface area contributed by atoms with Gasteiger partial charge in [-0.15, -0.1) is 0 Å². The number of ether oxygens (including phenoxy) is 1. The number of hydrogen-bond donors (Lipinski definition) is 0. The topological polar surface area (TPSA) is 68.5 Å². The van der Waals surface area contributed by atoms with Crippen molar-refractivity contribution < 1.29 is 14.1 Å². The molecular weight excluding hydrogens is 390 g/mol. The van der Waals surface area contributed by atoms with E-state index in [1.165, 1.54) is 0 Å². The van der Waals surface area contributed by atoms with Crippen LogP contribution < -0.4 is 4.74 Å². The van der Waals surface area contributed by atoms with Crippen LogP contribution in [0.5, 0.6) is 5.75 Å². The van der Waals surface area contributed by atoms with Crippen LogP contribution in [0.3, 0.4) is 0 Å². The fourth-order valence-corrected chi connectivity index (χ4v) is 3.59. The molecule has 0 radical (unpaired) electrons. The monoisotopic (exact) mass is 415 g/mol. The minimum absolute atomic E-state index is 0.00110. The van der Waals surface area contributed by atoms with Gasteiger partial charge in [0.15, 0.2) is 0 Å². The minimum atomic E-state index is -0.00110. The van der Waals surface area contributed by atoms with Crippen molar-refractivity contribution in [1.82, 2.24) is 15.0 Å². The fraction of sp³-hybridized carbons (Fsp3) is 0.240. The molecule has 0 aliphatic carbocycles. The smallest absolute Gasteiger partial charge is 0.246 e. The van der Waals surface area contributed by atoms with Crippen LogP contribution in [-0.2, 0) is 17.8 Å². The van der Waals surface area contributed by atoms with Gasteiger partial charge in [-0.3, -0.25) is 4.79 Å². The number of carbonyl (C=O) groups is 1. The standard InChI is InChI=1S/C25H25N3O3/c1-17(2)28(24(29)15-20-9-6-8-18-7-4-5-10-22(18)20)16-23-26-25(27-31-23)19-11-13-21(30-3)14-12-19/h4-14,17H,15-16H2,1-3H3. The number of fused-ring (bicyclic) bond motifs is 1. The lowest BCUT2D eigenvalue weighted by molar-refractivity contribution is -0.133. The van der Waals surface area contributed by atoms with Gasteiger partial charge < -0.3 is 14.2 Å². The van der Waals surface area contributed by atoms with Crippen molar-refractivity contribution >= 4 is 16.7 Å². The summed E-state index contributed by atoms with van der Waals surface area (Å²) >= 11 is 0. The molecule has 0 aliphatic heterocycles. The molecule has 0 saturated heterocycles. The first-order valence-corrected chi connectivity index (χ1v) is 10.3. The summed E-state index contributed by atoms with van der Waals surface area (Å²) in [6.07, 6.45) is 0.318. The van der Waals surface area contributed by atoms with Crippen molar-refractivity contribution in [3.05, 3.63) is 78.2 Å². The van der Waals surface area contributed by atoms with E-state index in [0.29, 0.717) is 18.1 Å². The van der Waals surface area contributed by atoms with E-state index in [1.807, 2.05) is 62.4 Å². The Morgan fingerprint density at radius 3 is 2.52 bits per heavy atom. The number of hydrogen-bond acceptors (Lipinski definition) is 5. The number of aromatic nitrogens is 2. The first-order chi connectivity index (χ1) is 15.0. The quantitative estimate of drug-likeness (QED) is 0.430. The summed E-state index contributed by atoms with van der Waals surface area (Å²) in [5.74, 6) is 1.68. The summed E-state index contributed by atoms with van der Waals surface area (Å²) in [6.45, 7) is 4.24. The van der Waals surface area contributed by atoms with Crippen molar-refractivity contribution in [2.45, 2.75) is 32.9 Å². The molecule has 0 saturated carbocycles. The van der Waals surface area contributed by atoms with Gasteiger partial charge in [0.2, 0.25) is 17.6 Å². The first-order valence-electron chi connectivity index (χ1n) is 10.3. The van der Waals surface area contributed by atoms with Crippen molar-refractivity contribution in [2.24, 2.45) is 0 Å². The van der Waals surface area contributed by atoms with Gasteiger partial charge in [0.1, 0.15) is 12.3 Å². The number of rotatable bonds is 7. The third-order valence-corrected chi connectivity index (χ3v) is 5.29. The molecule has 0 unspecified atom stereocenters. The van der Waals surface area contributed by atoms with Crippen LogP contribution in [0.4, 0.5) is 0 Å². The molecule has 0 atom stereocenters. The lowest BCUT2D eigenvalue weighted by Gasteiger charge is -2.25. The number of benzene rings is 3. The zero-order valence-corrected chi connectivity index (χ0v) is 17.9. The molecule has 158 valence electrons. The van der Waals surface area contributed by atoms with E-state index >= 15 is 0 Å². The van der Waals surface area contributed by atoms with Crippen LogP contribution >= 0.6 is 0 Å². The lowest BCUT2D eigenvalue weighted by Crippen LogP contribution is -2.37. The van der Waals surface area contributed by atoms with Gasteiger partial charge >= 0.3 is 0 Å². The first kappa shape index (κ1) is 20.6.